The van der Waals surface area contributed by atoms with E-state index in [0.29, 0.717) is 5.69 Å². The summed E-state index contributed by atoms with van der Waals surface area (Å²) in [6.07, 6.45) is 0. The van der Waals surface area contributed by atoms with E-state index in [4.69, 9.17) is 5.73 Å². The quantitative estimate of drug-likeness (QED) is 0.863. The molecule has 0 radical (unpaired) electrons. The van der Waals surface area contributed by atoms with Crippen LogP contribution in [0.25, 0.3) is 0 Å². The molecule has 100 valence electrons. The van der Waals surface area contributed by atoms with Crippen LogP contribution >= 0.6 is 15.9 Å². The van der Waals surface area contributed by atoms with Gasteiger partial charge in [0.1, 0.15) is 0 Å². The molecule has 6 heteroatoms. The molecule has 2 N–H and O–H groups in total. The molecule has 0 bridgehead atoms. The Labute approximate surface area is 120 Å². The van der Waals surface area contributed by atoms with E-state index >= 15 is 0 Å². The molecule has 0 aromatic heterocycles. The highest BCUT2D eigenvalue weighted by Gasteiger charge is 2.11. The molecule has 2 nitrogen and oxygen atoms in total. The predicted octanol–water partition coefficient (Wildman–Crippen LogP) is 3.62. The summed E-state index contributed by atoms with van der Waals surface area (Å²) in [5.74, 6) is -1.75. The van der Waals surface area contributed by atoms with E-state index in [1.54, 1.807) is 18.2 Å². The van der Waals surface area contributed by atoms with E-state index in [-0.39, 0.29) is 10.6 Å². The van der Waals surface area contributed by atoms with Crippen LogP contribution in [-0.4, -0.2) is 4.21 Å². The Hall–Kier alpha value is -1.27. The molecule has 0 fully saturated rings. The first-order chi connectivity index (χ1) is 8.97. The summed E-state index contributed by atoms with van der Waals surface area (Å²) in [4.78, 5) is 0.252. The first kappa shape index (κ1) is 14.1. The van der Waals surface area contributed by atoms with Gasteiger partial charge in [-0.15, -0.1) is 0 Å². The maximum Gasteiger partial charge on any atom is 0.160 e. The monoisotopic (exact) mass is 345 g/mol. The number of hydrogen-bond acceptors (Lipinski definition) is 2. The van der Waals surface area contributed by atoms with Gasteiger partial charge in [-0.2, -0.15) is 0 Å². The van der Waals surface area contributed by atoms with Crippen LogP contribution in [0.15, 0.2) is 45.8 Å². The Bertz CT molecular complexity index is 649. The second kappa shape index (κ2) is 5.79. The zero-order valence-electron chi connectivity index (χ0n) is 9.70. The smallest absolute Gasteiger partial charge is 0.160 e. The van der Waals surface area contributed by atoms with E-state index in [0.717, 1.165) is 22.2 Å². The van der Waals surface area contributed by atoms with Crippen molar-refractivity contribution in [2.24, 2.45) is 0 Å². The molecular weight excluding hydrogens is 336 g/mol. The van der Waals surface area contributed by atoms with E-state index in [9.17, 15) is 13.0 Å². The number of nitrogen functional groups attached to an aromatic ring is 1. The highest BCUT2D eigenvalue weighted by Crippen LogP contribution is 2.23. The van der Waals surface area contributed by atoms with Crippen LogP contribution in [0.2, 0.25) is 0 Å². The fraction of sp³-hybridized carbons (Fsp3) is 0.0769. The van der Waals surface area contributed by atoms with Gasteiger partial charge >= 0.3 is 0 Å². The summed E-state index contributed by atoms with van der Waals surface area (Å²) in [5, 5.41) is 0. The van der Waals surface area contributed by atoms with Gasteiger partial charge in [0.25, 0.3) is 0 Å². The molecule has 1 unspecified atom stereocenters. The fourth-order valence-corrected chi connectivity index (χ4v) is 3.40. The van der Waals surface area contributed by atoms with Crippen molar-refractivity contribution in [2.75, 3.05) is 5.73 Å². The van der Waals surface area contributed by atoms with E-state index in [1.165, 1.54) is 6.07 Å². The first-order valence-electron chi connectivity index (χ1n) is 5.34. The third-order valence-corrected chi connectivity index (χ3v) is 4.61. The zero-order chi connectivity index (χ0) is 14.0. The standard InChI is InChI=1S/C13H10BrF2NOS/c14-11-5-9(17)2-1-8(11)7-19(18)10-3-4-12(15)13(16)6-10/h1-6H,7,17H2. The molecule has 19 heavy (non-hydrogen) atoms. The zero-order valence-corrected chi connectivity index (χ0v) is 12.1. The molecule has 0 saturated carbocycles. The average Bonchev–Trinajstić information content (AvgIpc) is 2.36. The molecule has 0 amide bonds. The Morgan fingerprint density at radius 3 is 2.47 bits per heavy atom. The summed E-state index contributed by atoms with van der Waals surface area (Å²) >= 11 is 3.33. The van der Waals surface area contributed by atoms with Crippen molar-refractivity contribution in [3.63, 3.8) is 0 Å². The highest BCUT2D eigenvalue weighted by molar-refractivity contribution is 9.10. The SMILES string of the molecule is Nc1ccc(CS(=O)c2ccc(F)c(F)c2)c(Br)c1. The van der Waals surface area contributed by atoms with Gasteiger partial charge in [-0.05, 0) is 35.9 Å². The minimum atomic E-state index is -1.45. The Kier molecular flexibility index (Phi) is 4.31. The van der Waals surface area contributed by atoms with Crippen LogP contribution in [-0.2, 0) is 16.6 Å². The van der Waals surface area contributed by atoms with Crippen molar-refractivity contribution >= 4 is 32.4 Å². The highest BCUT2D eigenvalue weighted by atomic mass is 79.9. The topological polar surface area (TPSA) is 43.1 Å². The summed E-state index contributed by atoms with van der Waals surface area (Å²) in [5.41, 5.74) is 6.99. The van der Waals surface area contributed by atoms with Crippen LogP contribution in [0.3, 0.4) is 0 Å². The number of benzene rings is 2. The molecule has 2 rings (SSSR count). The first-order valence-corrected chi connectivity index (χ1v) is 7.46. The minimum Gasteiger partial charge on any atom is -0.399 e. The van der Waals surface area contributed by atoms with Crippen LogP contribution < -0.4 is 5.73 Å². The van der Waals surface area contributed by atoms with Gasteiger partial charge in [0, 0.05) is 15.1 Å². The molecule has 1 atom stereocenters. The van der Waals surface area contributed by atoms with Crippen molar-refractivity contribution in [2.45, 2.75) is 10.6 Å². The van der Waals surface area contributed by atoms with Gasteiger partial charge in [-0.3, -0.25) is 4.21 Å². The van der Waals surface area contributed by atoms with Gasteiger partial charge < -0.3 is 5.73 Å². The lowest BCUT2D eigenvalue weighted by molar-refractivity contribution is 0.505. The lowest BCUT2D eigenvalue weighted by Crippen LogP contribution is -1.99. The predicted molar refractivity (Wildman–Crippen MR) is 75.0 cm³/mol. The second-order valence-electron chi connectivity index (χ2n) is 3.92. The van der Waals surface area contributed by atoms with Crippen LogP contribution in [0.4, 0.5) is 14.5 Å². The van der Waals surface area contributed by atoms with Gasteiger partial charge in [-0.25, -0.2) is 8.78 Å². The van der Waals surface area contributed by atoms with Gasteiger partial charge in [-0.1, -0.05) is 22.0 Å². The maximum absolute atomic E-state index is 13.1. The maximum atomic E-state index is 13.1. The summed E-state index contributed by atoms with van der Waals surface area (Å²) < 4.78 is 38.7. The van der Waals surface area contributed by atoms with Gasteiger partial charge in [0.05, 0.1) is 16.6 Å². The molecule has 0 aliphatic carbocycles. The van der Waals surface area contributed by atoms with E-state index in [2.05, 4.69) is 15.9 Å². The number of rotatable bonds is 3. The lowest BCUT2D eigenvalue weighted by atomic mass is 10.2. The third-order valence-electron chi connectivity index (χ3n) is 2.52. The van der Waals surface area contributed by atoms with Crippen molar-refractivity contribution in [1.82, 2.24) is 0 Å². The molecule has 0 heterocycles. The lowest BCUT2D eigenvalue weighted by Gasteiger charge is -2.06. The van der Waals surface area contributed by atoms with E-state index < -0.39 is 22.4 Å². The van der Waals surface area contributed by atoms with Crippen molar-refractivity contribution in [3.8, 4) is 0 Å². The van der Waals surface area contributed by atoms with Crippen molar-refractivity contribution in [1.29, 1.82) is 0 Å². The summed E-state index contributed by atoms with van der Waals surface area (Å²) in [7, 11) is -1.45. The molecule has 0 aliphatic rings. The number of halogens is 3. The Morgan fingerprint density at radius 1 is 1.11 bits per heavy atom. The molecular formula is C13H10BrF2NOS. The second-order valence-corrected chi connectivity index (χ2v) is 6.22. The van der Waals surface area contributed by atoms with Crippen LogP contribution in [0, 0.1) is 11.6 Å². The largest absolute Gasteiger partial charge is 0.399 e. The van der Waals surface area contributed by atoms with Crippen LogP contribution in [0.5, 0.6) is 0 Å². The molecule has 0 saturated heterocycles. The van der Waals surface area contributed by atoms with Gasteiger partial charge in [0.2, 0.25) is 0 Å². The molecule has 0 aliphatic heterocycles. The van der Waals surface area contributed by atoms with E-state index in [1.807, 2.05) is 0 Å². The van der Waals surface area contributed by atoms with Crippen LogP contribution in [0.1, 0.15) is 5.56 Å². The fourth-order valence-electron chi connectivity index (χ4n) is 1.52. The normalized spacial score (nSPS) is 12.4. The van der Waals surface area contributed by atoms with Gasteiger partial charge in [0.15, 0.2) is 11.6 Å². The molecule has 0 spiro atoms. The number of nitrogens with two attached hydrogens (primary N) is 1. The third kappa shape index (κ3) is 3.39. The Morgan fingerprint density at radius 2 is 1.84 bits per heavy atom. The van der Waals surface area contributed by atoms with Crippen molar-refractivity contribution < 1.29 is 13.0 Å². The molecule has 2 aromatic carbocycles. The van der Waals surface area contributed by atoms with Crippen molar-refractivity contribution in [3.05, 3.63) is 58.1 Å². The average molecular weight is 346 g/mol. The number of anilines is 1. The summed E-state index contributed by atoms with van der Waals surface area (Å²) in [6.45, 7) is 0. The Balaban J connectivity index is 2.23. The number of hydrogen-bond donors (Lipinski definition) is 1. The summed E-state index contributed by atoms with van der Waals surface area (Å²) in [6, 6.07) is 8.40. The minimum absolute atomic E-state index is 0.200. The molecule has 2 aromatic rings.